The van der Waals surface area contributed by atoms with Crippen LogP contribution in [0.15, 0.2) is 45.5 Å². The molecule has 1 aliphatic rings. The standard InChI is InChI=1S/C15H12BrFN2O3/c16-13-6-5-12(22-13)14(20)18-11-7-8-19(15(11)21)10-3-1-9(17)2-4-10/h1-6,11H,7-8H2,(H,18,20). The van der Waals surface area contributed by atoms with Gasteiger partial charge in [0.05, 0.1) is 0 Å². The van der Waals surface area contributed by atoms with Gasteiger partial charge in [-0.15, -0.1) is 0 Å². The molecule has 5 nitrogen and oxygen atoms in total. The van der Waals surface area contributed by atoms with E-state index in [1.54, 1.807) is 18.2 Å². The SMILES string of the molecule is O=C(NC1CCN(c2ccc(F)cc2)C1=O)c1ccc(Br)o1. The topological polar surface area (TPSA) is 62.6 Å². The largest absolute Gasteiger partial charge is 0.444 e. The van der Waals surface area contributed by atoms with Gasteiger partial charge in [-0.3, -0.25) is 9.59 Å². The lowest BCUT2D eigenvalue weighted by Crippen LogP contribution is -2.41. The highest BCUT2D eigenvalue weighted by molar-refractivity contribution is 9.10. The van der Waals surface area contributed by atoms with Gasteiger partial charge < -0.3 is 14.6 Å². The van der Waals surface area contributed by atoms with Gasteiger partial charge in [0.15, 0.2) is 10.4 Å². The van der Waals surface area contributed by atoms with Gasteiger partial charge in [-0.2, -0.15) is 0 Å². The Hall–Kier alpha value is -2.15. The molecule has 2 heterocycles. The minimum atomic E-state index is -0.610. The molecule has 1 aromatic carbocycles. The molecule has 1 unspecified atom stereocenters. The van der Waals surface area contributed by atoms with Gasteiger partial charge in [0.1, 0.15) is 11.9 Å². The van der Waals surface area contributed by atoms with Crippen molar-refractivity contribution in [1.29, 1.82) is 0 Å². The van der Waals surface area contributed by atoms with Crippen molar-refractivity contribution in [3.05, 3.63) is 52.6 Å². The fraction of sp³-hybridized carbons (Fsp3) is 0.200. The van der Waals surface area contributed by atoms with Crippen LogP contribution in [0.3, 0.4) is 0 Å². The molecule has 1 fully saturated rings. The Morgan fingerprint density at radius 2 is 2.00 bits per heavy atom. The van der Waals surface area contributed by atoms with Crippen molar-refractivity contribution < 1.29 is 18.4 Å². The molecule has 0 spiro atoms. The van der Waals surface area contributed by atoms with E-state index in [-0.39, 0.29) is 17.5 Å². The molecular formula is C15H12BrFN2O3. The number of nitrogens with zero attached hydrogens (tertiary/aromatic N) is 1. The van der Waals surface area contributed by atoms with Crippen LogP contribution in [0.25, 0.3) is 0 Å². The van der Waals surface area contributed by atoms with Crippen molar-refractivity contribution in [1.82, 2.24) is 5.32 Å². The van der Waals surface area contributed by atoms with E-state index in [1.807, 2.05) is 0 Å². The maximum Gasteiger partial charge on any atom is 0.287 e. The van der Waals surface area contributed by atoms with Crippen LogP contribution in [0.1, 0.15) is 17.0 Å². The van der Waals surface area contributed by atoms with Crippen molar-refractivity contribution in [2.24, 2.45) is 0 Å². The third-order valence-electron chi connectivity index (χ3n) is 3.45. The van der Waals surface area contributed by atoms with Gasteiger partial charge in [0.2, 0.25) is 5.91 Å². The predicted molar refractivity (Wildman–Crippen MR) is 81.0 cm³/mol. The summed E-state index contributed by atoms with van der Waals surface area (Å²) in [4.78, 5) is 25.9. The first-order chi connectivity index (χ1) is 10.5. The first-order valence-electron chi connectivity index (χ1n) is 6.68. The molecule has 1 saturated heterocycles. The lowest BCUT2D eigenvalue weighted by atomic mass is 10.2. The van der Waals surface area contributed by atoms with E-state index >= 15 is 0 Å². The average Bonchev–Trinajstić information content (AvgIpc) is 3.08. The van der Waals surface area contributed by atoms with Crippen LogP contribution in [-0.2, 0) is 4.79 Å². The van der Waals surface area contributed by atoms with Crippen LogP contribution in [0.5, 0.6) is 0 Å². The predicted octanol–water partition coefficient (Wildman–Crippen LogP) is 2.72. The number of hydrogen-bond donors (Lipinski definition) is 1. The lowest BCUT2D eigenvalue weighted by Gasteiger charge is -2.17. The van der Waals surface area contributed by atoms with E-state index < -0.39 is 11.9 Å². The van der Waals surface area contributed by atoms with Crippen LogP contribution >= 0.6 is 15.9 Å². The Kier molecular flexibility index (Phi) is 3.98. The summed E-state index contributed by atoms with van der Waals surface area (Å²) in [5.41, 5.74) is 0.615. The molecular weight excluding hydrogens is 355 g/mol. The minimum absolute atomic E-state index is 0.139. The van der Waals surface area contributed by atoms with Gasteiger partial charge in [-0.05, 0) is 58.7 Å². The van der Waals surface area contributed by atoms with Crippen LogP contribution in [-0.4, -0.2) is 24.4 Å². The van der Waals surface area contributed by atoms with E-state index in [1.165, 1.54) is 23.1 Å². The minimum Gasteiger partial charge on any atom is -0.444 e. The van der Waals surface area contributed by atoms with Crippen LogP contribution in [0.4, 0.5) is 10.1 Å². The first kappa shape index (κ1) is 14.8. The third kappa shape index (κ3) is 2.89. The smallest absolute Gasteiger partial charge is 0.287 e. The summed E-state index contributed by atoms with van der Waals surface area (Å²) in [6.07, 6.45) is 0.490. The van der Waals surface area contributed by atoms with Gasteiger partial charge >= 0.3 is 0 Å². The van der Waals surface area contributed by atoms with Crippen LogP contribution in [0.2, 0.25) is 0 Å². The summed E-state index contributed by atoms with van der Waals surface area (Å²) in [7, 11) is 0. The summed E-state index contributed by atoms with van der Waals surface area (Å²) < 4.78 is 18.5. The Bertz CT molecular complexity index is 714. The molecule has 2 aromatic rings. The van der Waals surface area contributed by atoms with Gasteiger partial charge in [0, 0.05) is 12.2 Å². The highest BCUT2D eigenvalue weighted by Crippen LogP contribution is 2.22. The number of nitrogens with one attached hydrogen (secondary N) is 1. The van der Waals surface area contributed by atoms with Gasteiger partial charge in [0.25, 0.3) is 5.91 Å². The van der Waals surface area contributed by atoms with Crippen LogP contribution in [0, 0.1) is 5.82 Å². The summed E-state index contributed by atoms with van der Waals surface area (Å²) in [5, 5.41) is 2.65. The van der Waals surface area contributed by atoms with Crippen molar-refractivity contribution in [3.63, 3.8) is 0 Å². The van der Waals surface area contributed by atoms with Gasteiger partial charge in [-0.1, -0.05) is 0 Å². The molecule has 1 N–H and O–H groups in total. The number of anilines is 1. The monoisotopic (exact) mass is 366 g/mol. The van der Waals surface area contributed by atoms with Crippen molar-refractivity contribution in [2.45, 2.75) is 12.5 Å². The molecule has 1 aromatic heterocycles. The number of rotatable bonds is 3. The number of halogens is 2. The number of hydrogen-bond acceptors (Lipinski definition) is 3. The highest BCUT2D eigenvalue weighted by atomic mass is 79.9. The maximum atomic E-state index is 12.9. The van der Waals surface area contributed by atoms with Crippen LogP contribution < -0.4 is 10.2 Å². The first-order valence-corrected chi connectivity index (χ1v) is 7.47. The molecule has 7 heteroatoms. The van der Waals surface area contributed by atoms with E-state index in [0.29, 0.717) is 23.3 Å². The molecule has 0 aliphatic carbocycles. The maximum absolute atomic E-state index is 12.9. The summed E-state index contributed by atoms with van der Waals surface area (Å²) in [6.45, 7) is 0.470. The van der Waals surface area contributed by atoms with Crippen molar-refractivity contribution in [3.8, 4) is 0 Å². The Morgan fingerprint density at radius 3 is 2.64 bits per heavy atom. The molecule has 1 aliphatic heterocycles. The van der Waals surface area contributed by atoms with E-state index in [2.05, 4.69) is 21.2 Å². The zero-order valence-corrected chi connectivity index (χ0v) is 13.0. The molecule has 0 bridgehead atoms. The highest BCUT2D eigenvalue weighted by Gasteiger charge is 2.34. The second-order valence-corrected chi connectivity index (χ2v) is 5.67. The van der Waals surface area contributed by atoms with E-state index in [4.69, 9.17) is 4.42 Å². The Balaban J connectivity index is 1.68. The Morgan fingerprint density at radius 1 is 1.27 bits per heavy atom. The van der Waals surface area contributed by atoms with Crippen molar-refractivity contribution in [2.75, 3.05) is 11.4 Å². The number of carbonyl (C=O) groups excluding carboxylic acids is 2. The number of amides is 2. The second-order valence-electron chi connectivity index (χ2n) is 4.88. The Labute approximate surface area is 134 Å². The van der Waals surface area contributed by atoms with E-state index in [9.17, 15) is 14.0 Å². The van der Waals surface area contributed by atoms with Crippen molar-refractivity contribution >= 4 is 33.4 Å². The summed E-state index contributed by atoms with van der Waals surface area (Å²) >= 11 is 3.12. The summed E-state index contributed by atoms with van der Waals surface area (Å²) in [6, 6.07) is 8.21. The number of carbonyl (C=O) groups is 2. The second kappa shape index (κ2) is 5.92. The normalized spacial score (nSPS) is 17.8. The quantitative estimate of drug-likeness (QED) is 0.908. The molecule has 22 heavy (non-hydrogen) atoms. The molecule has 0 radical (unpaired) electrons. The molecule has 2 amide bonds. The lowest BCUT2D eigenvalue weighted by molar-refractivity contribution is -0.118. The number of furan rings is 1. The number of benzene rings is 1. The molecule has 3 rings (SSSR count). The molecule has 1 atom stereocenters. The molecule has 0 saturated carbocycles. The fourth-order valence-corrected chi connectivity index (χ4v) is 2.66. The molecule has 114 valence electrons. The zero-order valence-electron chi connectivity index (χ0n) is 11.4. The summed E-state index contributed by atoms with van der Waals surface area (Å²) in [5.74, 6) is -0.876. The third-order valence-corrected chi connectivity index (χ3v) is 3.87. The average molecular weight is 367 g/mol. The fourth-order valence-electron chi connectivity index (χ4n) is 2.36. The zero-order chi connectivity index (χ0) is 15.7. The van der Waals surface area contributed by atoms with E-state index in [0.717, 1.165) is 0 Å². The van der Waals surface area contributed by atoms with Gasteiger partial charge in [-0.25, -0.2) is 4.39 Å².